The van der Waals surface area contributed by atoms with Crippen LogP contribution in [0.4, 0.5) is 4.39 Å². The van der Waals surface area contributed by atoms with E-state index >= 15 is 0 Å². The lowest BCUT2D eigenvalue weighted by Gasteiger charge is -2.70. The maximum Gasteiger partial charge on any atom is 0.330 e. The van der Waals surface area contributed by atoms with Crippen LogP contribution in [0.2, 0.25) is 0 Å². The Labute approximate surface area is 859 Å². The molecular weight excluding hydrogens is 1820 g/mol. The quantitative estimate of drug-likeness (QED) is 0.0628. The van der Waals surface area contributed by atoms with Crippen molar-refractivity contribution in [3.63, 3.8) is 0 Å². The summed E-state index contributed by atoms with van der Waals surface area (Å²) in [5, 5.41) is 24.4. The lowest BCUT2D eigenvalue weighted by molar-refractivity contribution is -0.190. The largest absolute Gasteiger partial charge is 0.481 e. The standard InChI is InChI=1S/C42H57NO6.C37H53NO3.C35H51NO6.C5H6O4.CH3F.CH4/c1-37(2)31-16-19-42(7)35(40(31,5)18-17-32(37)43-33(45)14-15-34(46)48-8)30(44)24-28-29-25-39(4,21-20-38(29,3)22-23-41(28,42)6)36(47)49-26-27-12-10-9-11-13-27;1-32(2)28-13-16-37(7)30(35(28,5)15-14-29(32)38)27(39)21-25-26-22-34(4,18-17-33(26,3)19-20-36(25,37)6)31(40)41-23-24-11-9-8-10-12-24;1-30(2)24-11-14-35(7)28(33(24,5)13-12-25(30)36-26(38)9-10-27(39)42-8)23(37)19-21-22-20-32(4,29(40)41)16-15-31(22,3)17-18-34(21,35)6;1-9-5(8)3-2-4(6)7;1-2;/h9-15,24,29,31-32,35H,16-23,25-26H2,1-8H3,(H,43,45);8-12,21,26,28-30H,13-20,22-23,38H2,1-7H3;9-10,19,22,24-25,28H,11-18,20H2,1-8H3,(H,36,38)(H,40,41);2-3H,1H3,(H,6,7);1H3;1H4/b15-14+;;10-9+;3-2+;;/t29-,31-,32-,35+,38+,39-,40-,41+,42+;26-,28-,29-,30+,33+,34-,35-,36+,37+;22-,24-,25-,28+,31+,32-,33-,34+,35+;;;/m000.../s1/i;;;;1D;. The fraction of sp³-hybridized carbons (Fsp3) is 0.702. The van der Waals surface area contributed by atoms with Gasteiger partial charge >= 0.3 is 41.8 Å². The highest BCUT2D eigenvalue weighted by Crippen LogP contribution is 2.80. The smallest absolute Gasteiger partial charge is 0.330 e. The lowest BCUT2D eigenvalue weighted by Crippen LogP contribution is -2.67. The third kappa shape index (κ3) is 19.4. The predicted octanol–water partition coefficient (Wildman–Crippen LogP) is 23.3. The van der Waals surface area contributed by atoms with Gasteiger partial charge in [0.1, 0.15) is 13.2 Å². The highest BCUT2D eigenvalue weighted by atomic mass is 19.1. The third-order valence-corrected chi connectivity index (χ3v) is 44.2. The van der Waals surface area contributed by atoms with E-state index in [1.807, 2.05) is 73.7 Å². The number of esters is 5. The molecule has 23 heteroatoms. The van der Waals surface area contributed by atoms with Crippen molar-refractivity contribution in [1.82, 2.24) is 10.6 Å². The fourth-order valence-corrected chi connectivity index (χ4v) is 34.5. The van der Waals surface area contributed by atoms with Crippen molar-refractivity contribution in [3.05, 3.63) is 143 Å². The molecule has 0 saturated heterocycles. The summed E-state index contributed by atoms with van der Waals surface area (Å²) >= 11 is 0. The molecule has 0 bridgehead atoms. The number of allylic oxidation sites excluding steroid dienone is 6. The van der Waals surface area contributed by atoms with Crippen molar-refractivity contribution >= 4 is 70.9 Å². The van der Waals surface area contributed by atoms with Crippen molar-refractivity contribution in [2.75, 3.05) is 28.5 Å². The molecule has 17 rings (SSSR count). The summed E-state index contributed by atoms with van der Waals surface area (Å²) in [4.78, 5) is 152. The zero-order chi connectivity index (χ0) is 106. The van der Waals surface area contributed by atoms with E-state index in [1.54, 1.807) is 0 Å². The average molecular weight is 1990 g/mol. The normalized spacial score (nSPS) is 41.3. The van der Waals surface area contributed by atoms with Crippen LogP contribution in [-0.2, 0) is 94.4 Å². The van der Waals surface area contributed by atoms with Crippen LogP contribution >= 0.6 is 0 Å². The molecule has 15 aliphatic carbocycles. The Morgan fingerprint density at radius 2 is 0.674 bits per heavy atom. The Bertz CT molecular complexity index is 5480. The van der Waals surface area contributed by atoms with E-state index in [2.05, 4.69) is 175 Å². The Morgan fingerprint density at radius 1 is 0.389 bits per heavy atom. The van der Waals surface area contributed by atoms with Crippen molar-refractivity contribution in [3.8, 4) is 0 Å². The zero-order valence-corrected chi connectivity index (χ0v) is 90.4. The van der Waals surface area contributed by atoms with Gasteiger partial charge in [0.2, 0.25) is 11.8 Å². The second kappa shape index (κ2) is 40.8. The summed E-state index contributed by atoms with van der Waals surface area (Å²) < 4.78 is 40.8. The number of carbonyl (C=O) groups is 12. The number of carbonyl (C=O) groups excluding carboxylic acids is 10. The molecule has 2 amide bonds. The van der Waals surface area contributed by atoms with Gasteiger partial charge in [0.25, 0.3) is 0 Å². The Balaban J connectivity index is 0.000000183. The van der Waals surface area contributed by atoms with Crippen molar-refractivity contribution in [2.45, 2.75) is 358 Å². The number of carboxylic acid groups (broad SMARTS) is 2. The lowest BCUT2D eigenvalue weighted by atomic mass is 9.33. The molecule has 12 saturated carbocycles. The van der Waals surface area contributed by atoms with Crippen LogP contribution < -0.4 is 16.4 Å². The van der Waals surface area contributed by atoms with Gasteiger partial charge in [-0.2, -0.15) is 0 Å². The number of aliphatic carboxylic acids is 2. The average Bonchev–Trinajstić information content (AvgIpc) is 0.678. The highest BCUT2D eigenvalue weighted by molar-refractivity contribution is 5.99. The molecule has 2 aromatic carbocycles. The molecule has 0 aliphatic heterocycles. The second-order valence-electron chi connectivity index (χ2n) is 52.4. The second-order valence-corrected chi connectivity index (χ2v) is 52.4. The molecule has 2 aromatic rings. The summed E-state index contributed by atoms with van der Waals surface area (Å²) in [5.41, 5.74) is 9.12. The molecule has 0 spiro atoms. The molecule has 22 nitrogen and oxygen atoms in total. The number of amides is 2. The molecule has 27 atom stereocenters. The van der Waals surface area contributed by atoms with Crippen LogP contribution in [0.1, 0.15) is 339 Å². The number of carboxylic acids is 2. The van der Waals surface area contributed by atoms with Crippen LogP contribution in [0.3, 0.4) is 0 Å². The number of nitrogens with two attached hydrogens (primary N) is 1. The molecular formula is C121H174FN3O19. The molecule has 0 aromatic heterocycles. The number of nitrogens with one attached hydrogen (secondary N) is 2. The number of hydrogen-bond donors (Lipinski definition) is 5. The van der Waals surface area contributed by atoms with Gasteiger partial charge in [-0.15, -0.1) is 0 Å². The number of ether oxygens (including phenoxy) is 5. The van der Waals surface area contributed by atoms with Crippen LogP contribution in [0.15, 0.2) is 132 Å². The summed E-state index contributed by atoms with van der Waals surface area (Å²) in [6, 6.07) is 19.9. The first-order valence-corrected chi connectivity index (χ1v) is 53.2. The fourth-order valence-electron chi connectivity index (χ4n) is 34.5. The Morgan fingerprint density at radius 3 is 0.979 bits per heavy atom. The molecule has 15 aliphatic rings. The van der Waals surface area contributed by atoms with Crippen molar-refractivity contribution in [2.24, 2.45) is 156 Å². The minimum Gasteiger partial charge on any atom is -0.481 e. The van der Waals surface area contributed by atoms with E-state index in [9.17, 15) is 67.0 Å². The Hall–Kier alpha value is -8.99. The molecule has 144 heavy (non-hydrogen) atoms. The van der Waals surface area contributed by atoms with Gasteiger partial charge in [-0.1, -0.05) is 209 Å². The molecule has 0 radical (unpaired) electrons. The first-order chi connectivity index (χ1) is 67.0. The van der Waals surface area contributed by atoms with Crippen LogP contribution in [-0.4, -0.2) is 128 Å². The van der Waals surface area contributed by atoms with Crippen LogP contribution in [0.25, 0.3) is 0 Å². The van der Waals surface area contributed by atoms with Gasteiger partial charge in [-0.3, -0.25) is 42.7 Å². The van der Waals surface area contributed by atoms with E-state index in [0.29, 0.717) is 43.6 Å². The molecule has 794 valence electrons. The number of ketones is 3. The highest BCUT2D eigenvalue weighted by Gasteiger charge is 2.75. The van der Waals surface area contributed by atoms with Crippen LogP contribution in [0, 0.1) is 151 Å². The predicted molar refractivity (Wildman–Crippen MR) is 555 cm³/mol. The maximum absolute atomic E-state index is 14.8. The third-order valence-electron chi connectivity index (χ3n) is 44.2. The minimum absolute atomic E-state index is 0. The van der Waals surface area contributed by atoms with Crippen molar-refractivity contribution < 1.29 is 97.2 Å². The number of rotatable bonds is 15. The van der Waals surface area contributed by atoms with Crippen molar-refractivity contribution in [1.29, 1.82) is 0 Å². The summed E-state index contributed by atoms with van der Waals surface area (Å²) in [5.74, 6) is -2.41. The van der Waals surface area contributed by atoms with E-state index < -0.39 is 53.2 Å². The zero-order valence-electron chi connectivity index (χ0n) is 91.4. The first-order valence-electron chi connectivity index (χ1n) is 53.9. The number of benzene rings is 2. The maximum atomic E-state index is 14.8. The monoisotopic (exact) mass is 1990 g/mol. The summed E-state index contributed by atoms with van der Waals surface area (Å²) in [7, 11) is 2.75. The van der Waals surface area contributed by atoms with E-state index in [-0.39, 0.29) is 196 Å². The Kier molecular flexibility index (Phi) is 31.8. The molecule has 0 heterocycles. The molecule has 12 fully saturated rings. The SMILES string of the molecule is C.CC1(C)[C@@H](N)CC[C@]2(C)[C@H]3C(=O)C=C4[C@@H]5C[C@@](C)(C(=O)OCc6ccccc6)CC[C@]5(C)CC[C@@]4(C)[C@]3(C)CC[C@@H]12.COC(=O)/C=C/C(=O)N[C@H]1CC[C@]2(C)[C@H]3C(=O)C=C4[C@@H]5C[C@@](C)(C(=O)O)CC[C@]5(C)CC[C@@]4(C)[C@]3(C)CC[C@H]2C1(C)C.COC(=O)/C=C/C(=O)N[C@H]1CC[C@]2(C)[C@H]3C(=O)C=C4[C@@H]5C[C@@](C)(C(=O)OCc6ccccc6)CC[C@]5(C)CC[C@@]4(C)[C@]3(C)CC[C@H]2C1(C)C.COC(=O)/C=C/C(=O)O.[2H]CF. The van der Waals surface area contributed by atoms with Gasteiger partial charge in [0.05, 0.1) is 46.1 Å². The van der Waals surface area contributed by atoms with E-state index in [0.717, 1.165) is 183 Å². The van der Waals surface area contributed by atoms with Gasteiger partial charge in [-0.05, 0) is 340 Å². The topological polar surface area (TPSA) is 342 Å². The first kappa shape index (κ1) is 112. The van der Waals surface area contributed by atoms with E-state index in [1.165, 1.54) is 50.2 Å². The van der Waals surface area contributed by atoms with E-state index in [4.69, 9.17) is 21.7 Å². The van der Waals surface area contributed by atoms with Gasteiger partial charge in [0, 0.05) is 72.3 Å². The van der Waals surface area contributed by atoms with Gasteiger partial charge in [-0.25, -0.2) is 19.2 Å². The van der Waals surface area contributed by atoms with Crippen LogP contribution in [0.5, 0.6) is 0 Å². The minimum atomic E-state index is -1.17. The summed E-state index contributed by atoms with van der Waals surface area (Å²) in [6.07, 6.45) is 37.7. The summed E-state index contributed by atoms with van der Waals surface area (Å²) in [6.45, 7) is 49.1. The number of alkyl halides is 1. The number of fused-ring (bicyclic) bond motifs is 21. The molecule has 6 N–H and O–H groups in total. The van der Waals surface area contributed by atoms with Gasteiger partial charge in [0.15, 0.2) is 17.3 Å². The van der Waals surface area contributed by atoms with Gasteiger partial charge < -0.3 is 50.3 Å². The number of halogens is 1. The number of hydrogen-bond acceptors (Lipinski definition) is 18. The number of methoxy groups -OCH3 is 3. The molecule has 0 unspecified atom stereocenters.